The molecule has 1 saturated heterocycles. The van der Waals surface area contributed by atoms with Gasteiger partial charge in [0, 0.05) is 24.3 Å². The molecule has 2 rings (SSSR count). The monoisotopic (exact) mass is 250 g/mol. The molecule has 2 N–H and O–H groups in total. The Morgan fingerprint density at radius 1 is 1.33 bits per heavy atom. The van der Waals surface area contributed by atoms with Gasteiger partial charge in [-0.3, -0.25) is 0 Å². The molecule has 2 atom stereocenters. The first kappa shape index (κ1) is 13.3. The average molecular weight is 250 g/mol. The van der Waals surface area contributed by atoms with Crippen molar-refractivity contribution in [2.45, 2.75) is 51.6 Å². The fourth-order valence-electron chi connectivity index (χ4n) is 2.78. The quantitative estimate of drug-likeness (QED) is 0.868. The summed E-state index contributed by atoms with van der Waals surface area (Å²) in [5, 5.41) is 0. The van der Waals surface area contributed by atoms with Crippen molar-refractivity contribution in [3.63, 3.8) is 0 Å². The fraction of sp³-hybridized carbons (Fsp3) is 0.600. The standard InChI is InChI=1S/C15H23FN2/c1-11-6-4-3-5-9-18(11)15-8-7-13(16)10-14(15)12(2)17/h7-8,10-12H,3-6,9,17H2,1-2H3. The van der Waals surface area contributed by atoms with Gasteiger partial charge in [-0.2, -0.15) is 0 Å². The maximum atomic E-state index is 13.4. The van der Waals surface area contributed by atoms with Gasteiger partial charge in [-0.25, -0.2) is 4.39 Å². The van der Waals surface area contributed by atoms with Gasteiger partial charge < -0.3 is 10.6 Å². The summed E-state index contributed by atoms with van der Waals surface area (Å²) in [4.78, 5) is 2.39. The predicted molar refractivity (Wildman–Crippen MR) is 74.3 cm³/mol. The van der Waals surface area contributed by atoms with E-state index in [4.69, 9.17) is 5.73 Å². The molecule has 0 spiro atoms. The van der Waals surface area contributed by atoms with Gasteiger partial charge >= 0.3 is 0 Å². The van der Waals surface area contributed by atoms with E-state index in [0.29, 0.717) is 6.04 Å². The van der Waals surface area contributed by atoms with Crippen LogP contribution in [0.5, 0.6) is 0 Å². The van der Waals surface area contributed by atoms with E-state index in [9.17, 15) is 4.39 Å². The van der Waals surface area contributed by atoms with Crippen LogP contribution in [-0.2, 0) is 0 Å². The Hall–Kier alpha value is -1.09. The van der Waals surface area contributed by atoms with Gasteiger partial charge in [0.05, 0.1) is 0 Å². The van der Waals surface area contributed by atoms with Crippen LogP contribution in [0.3, 0.4) is 0 Å². The van der Waals surface area contributed by atoms with E-state index in [-0.39, 0.29) is 11.9 Å². The highest BCUT2D eigenvalue weighted by molar-refractivity contribution is 5.56. The average Bonchev–Trinajstić information content (AvgIpc) is 2.54. The minimum absolute atomic E-state index is 0.133. The van der Waals surface area contributed by atoms with Gasteiger partial charge in [0.2, 0.25) is 0 Å². The van der Waals surface area contributed by atoms with E-state index in [1.807, 2.05) is 13.0 Å². The van der Waals surface area contributed by atoms with Crippen molar-refractivity contribution >= 4 is 5.69 Å². The number of rotatable bonds is 2. The van der Waals surface area contributed by atoms with Gasteiger partial charge in [-0.15, -0.1) is 0 Å². The molecular formula is C15H23FN2. The van der Waals surface area contributed by atoms with Crippen molar-refractivity contribution in [1.82, 2.24) is 0 Å². The van der Waals surface area contributed by atoms with Crippen molar-refractivity contribution in [1.29, 1.82) is 0 Å². The third kappa shape index (κ3) is 2.83. The van der Waals surface area contributed by atoms with E-state index >= 15 is 0 Å². The molecule has 18 heavy (non-hydrogen) atoms. The molecule has 1 heterocycles. The third-order valence-electron chi connectivity index (χ3n) is 3.84. The highest BCUT2D eigenvalue weighted by Gasteiger charge is 2.21. The molecule has 100 valence electrons. The van der Waals surface area contributed by atoms with Gasteiger partial charge in [0.25, 0.3) is 0 Å². The van der Waals surface area contributed by atoms with Crippen LogP contribution in [0.15, 0.2) is 18.2 Å². The number of anilines is 1. The number of nitrogens with two attached hydrogens (primary N) is 1. The second kappa shape index (κ2) is 5.70. The minimum atomic E-state index is -0.200. The molecule has 0 amide bonds. The second-order valence-electron chi connectivity index (χ2n) is 5.38. The molecule has 1 aliphatic rings. The summed E-state index contributed by atoms with van der Waals surface area (Å²) in [5.74, 6) is -0.200. The molecule has 1 aromatic rings. The Labute approximate surface area is 109 Å². The lowest BCUT2D eigenvalue weighted by molar-refractivity contribution is 0.603. The van der Waals surface area contributed by atoms with Crippen molar-refractivity contribution in [2.24, 2.45) is 5.73 Å². The first-order valence-electron chi connectivity index (χ1n) is 6.91. The first-order valence-corrected chi connectivity index (χ1v) is 6.91. The molecule has 0 bridgehead atoms. The Balaban J connectivity index is 2.36. The first-order chi connectivity index (χ1) is 8.59. The highest BCUT2D eigenvalue weighted by Crippen LogP contribution is 2.30. The Bertz CT molecular complexity index is 403. The SMILES string of the molecule is CC(N)c1cc(F)ccc1N1CCCCCC1C. The van der Waals surface area contributed by atoms with E-state index in [2.05, 4.69) is 11.8 Å². The second-order valence-corrected chi connectivity index (χ2v) is 5.38. The fourth-order valence-corrected chi connectivity index (χ4v) is 2.78. The van der Waals surface area contributed by atoms with E-state index in [0.717, 1.165) is 17.8 Å². The minimum Gasteiger partial charge on any atom is -0.369 e. The highest BCUT2D eigenvalue weighted by atomic mass is 19.1. The zero-order valence-electron chi connectivity index (χ0n) is 11.3. The molecule has 3 heteroatoms. The van der Waals surface area contributed by atoms with E-state index < -0.39 is 0 Å². The molecule has 1 fully saturated rings. The molecule has 0 saturated carbocycles. The van der Waals surface area contributed by atoms with Crippen molar-refractivity contribution in [2.75, 3.05) is 11.4 Å². The normalized spacial score (nSPS) is 22.7. The zero-order valence-corrected chi connectivity index (χ0v) is 11.3. The largest absolute Gasteiger partial charge is 0.369 e. The van der Waals surface area contributed by atoms with Gasteiger partial charge in [-0.1, -0.05) is 12.8 Å². The Morgan fingerprint density at radius 2 is 2.11 bits per heavy atom. The molecule has 0 radical (unpaired) electrons. The summed E-state index contributed by atoms with van der Waals surface area (Å²) < 4.78 is 13.4. The van der Waals surface area contributed by atoms with Crippen LogP contribution in [0.1, 0.15) is 51.1 Å². The van der Waals surface area contributed by atoms with Crippen LogP contribution < -0.4 is 10.6 Å². The maximum absolute atomic E-state index is 13.4. The summed E-state index contributed by atoms with van der Waals surface area (Å²) in [6.45, 7) is 5.22. The summed E-state index contributed by atoms with van der Waals surface area (Å²) in [7, 11) is 0. The lowest BCUT2D eigenvalue weighted by atomic mass is 10.0. The molecule has 2 unspecified atom stereocenters. The summed E-state index contributed by atoms with van der Waals surface area (Å²) >= 11 is 0. The number of nitrogens with zero attached hydrogens (tertiary/aromatic N) is 1. The van der Waals surface area contributed by atoms with Crippen molar-refractivity contribution < 1.29 is 4.39 Å². The summed E-state index contributed by atoms with van der Waals surface area (Å²) in [6.07, 6.45) is 4.98. The van der Waals surface area contributed by atoms with Crippen molar-refractivity contribution in [3.05, 3.63) is 29.6 Å². The molecule has 0 aliphatic carbocycles. The number of halogens is 1. The van der Waals surface area contributed by atoms with E-state index in [1.165, 1.54) is 25.7 Å². The van der Waals surface area contributed by atoms with Crippen LogP contribution >= 0.6 is 0 Å². The van der Waals surface area contributed by atoms with Gasteiger partial charge in [0.1, 0.15) is 5.82 Å². The summed E-state index contributed by atoms with van der Waals surface area (Å²) in [5.41, 5.74) is 8.01. The smallest absolute Gasteiger partial charge is 0.123 e. The lowest BCUT2D eigenvalue weighted by Crippen LogP contribution is -2.33. The topological polar surface area (TPSA) is 29.3 Å². The predicted octanol–water partition coefficient (Wildman–Crippen LogP) is 3.61. The Morgan fingerprint density at radius 3 is 2.83 bits per heavy atom. The van der Waals surface area contributed by atoms with Crippen LogP contribution in [0.25, 0.3) is 0 Å². The van der Waals surface area contributed by atoms with Gasteiger partial charge in [-0.05, 0) is 50.5 Å². The Kier molecular flexibility index (Phi) is 4.23. The molecule has 1 aromatic carbocycles. The molecule has 2 nitrogen and oxygen atoms in total. The number of hydrogen-bond donors (Lipinski definition) is 1. The zero-order chi connectivity index (χ0) is 13.1. The third-order valence-corrected chi connectivity index (χ3v) is 3.84. The lowest BCUT2D eigenvalue weighted by Gasteiger charge is -2.32. The molecule has 0 aromatic heterocycles. The van der Waals surface area contributed by atoms with Crippen LogP contribution in [-0.4, -0.2) is 12.6 Å². The van der Waals surface area contributed by atoms with E-state index in [1.54, 1.807) is 12.1 Å². The van der Waals surface area contributed by atoms with Crippen LogP contribution in [0.2, 0.25) is 0 Å². The molecule has 1 aliphatic heterocycles. The molecular weight excluding hydrogens is 227 g/mol. The van der Waals surface area contributed by atoms with Crippen LogP contribution in [0.4, 0.5) is 10.1 Å². The number of benzene rings is 1. The van der Waals surface area contributed by atoms with Gasteiger partial charge in [0.15, 0.2) is 0 Å². The summed E-state index contributed by atoms with van der Waals surface area (Å²) in [6, 6.07) is 5.38. The maximum Gasteiger partial charge on any atom is 0.123 e. The van der Waals surface area contributed by atoms with Crippen molar-refractivity contribution in [3.8, 4) is 0 Å². The number of hydrogen-bond acceptors (Lipinski definition) is 2. The van der Waals surface area contributed by atoms with Crippen LogP contribution in [0, 0.1) is 5.82 Å².